The lowest BCUT2D eigenvalue weighted by Crippen LogP contribution is -2.31. The van der Waals surface area contributed by atoms with Crippen molar-refractivity contribution in [3.05, 3.63) is 77.1 Å². The molecule has 0 saturated heterocycles. The summed E-state index contributed by atoms with van der Waals surface area (Å²) in [6.07, 6.45) is 13.2. The number of anilines is 1. The zero-order valence-electron chi connectivity index (χ0n) is 18.6. The second kappa shape index (κ2) is 8.67. The first-order chi connectivity index (χ1) is 14.9. The molecule has 5 nitrogen and oxygen atoms in total. The number of hydroxylamine groups is 1. The van der Waals surface area contributed by atoms with Crippen molar-refractivity contribution in [2.75, 3.05) is 11.4 Å². The van der Waals surface area contributed by atoms with Crippen LogP contribution < -0.4 is 10.4 Å². The van der Waals surface area contributed by atoms with Gasteiger partial charge in [-0.3, -0.25) is 9.59 Å². The van der Waals surface area contributed by atoms with Crippen LogP contribution in [0.4, 0.5) is 5.69 Å². The highest BCUT2D eigenvalue weighted by molar-refractivity contribution is 6.00. The molecule has 0 bridgehead atoms. The number of carbonyl (C=O) groups excluding carboxylic acids is 2. The average Bonchev–Trinajstić information content (AvgIpc) is 3.09. The van der Waals surface area contributed by atoms with Gasteiger partial charge in [0, 0.05) is 42.3 Å². The minimum Gasteiger partial charge on any atom is -0.370 e. The molecular weight excluding hydrogens is 388 g/mol. The van der Waals surface area contributed by atoms with Crippen LogP contribution in [0.25, 0.3) is 0 Å². The first-order valence-electron chi connectivity index (χ1n) is 11.0. The zero-order valence-corrected chi connectivity index (χ0v) is 18.6. The van der Waals surface area contributed by atoms with E-state index < -0.39 is 0 Å². The van der Waals surface area contributed by atoms with Crippen LogP contribution in [0.15, 0.2) is 65.9 Å². The van der Waals surface area contributed by atoms with Crippen LogP contribution in [0.5, 0.6) is 0 Å². The Morgan fingerprint density at radius 1 is 1.23 bits per heavy atom. The van der Waals surface area contributed by atoms with E-state index in [0.29, 0.717) is 0 Å². The second-order valence-electron chi connectivity index (χ2n) is 8.56. The van der Waals surface area contributed by atoms with Gasteiger partial charge in [-0.2, -0.15) is 0 Å². The van der Waals surface area contributed by atoms with Crippen molar-refractivity contribution in [2.45, 2.75) is 46.1 Å². The van der Waals surface area contributed by atoms with Crippen LogP contribution in [0.2, 0.25) is 0 Å². The summed E-state index contributed by atoms with van der Waals surface area (Å²) in [6, 6.07) is 6.08. The van der Waals surface area contributed by atoms with Crippen LogP contribution in [0.3, 0.4) is 0 Å². The minimum atomic E-state index is -0.355. The van der Waals surface area contributed by atoms with E-state index in [0.717, 1.165) is 18.5 Å². The number of nitrogens with one attached hydrogen (secondary N) is 1. The molecule has 1 aliphatic heterocycles. The van der Waals surface area contributed by atoms with E-state index in [9.17, 15) is 9.59 Å². The van der Waals surface area contributed by atoms with Gasteiger partial charge in [-0.05, 0) is 61.6 Å². The second-order valence-corrected chi connectivity index (χ2v) is 8.56. The number of ketones is 1. The average molecular weight is 419 g/mol. The van der Waals surface area contributed by atoms with E-state index in [1.807, 2.05) is 31.2 Å². The maximum atomic E-state index is 13.3. The number of fused-ring (bicyclic) bond motifs is 3. The van der Waals surface area contributed by atoms with Gasteiger partial charge < -0.3 is 9.74 Å². The molecule has 1 heterocycles. The van der Waals surface area contributed by atoms with Crippen LogP contribution in [0, 0.1) is 11.8 Å². The lowest BCUT2D eigenvalue weighted by Gasteiger charge is -2.27. The normalized spacial score (nSPS) is 24.8. The third-order valence-corrected chi connectivity index (χ3v) is 6.52. The molecule has 1 N–H and O–H groups in total. The Hall–Kier alpha value is -2.92. The topological polar surface area (TPSA) is 58.6 Å². The van der Waals surface area contributed by atoms with Crippen molar-refractivity contribution in [1.82, 2.24) is 5.48 Å². The van der Waals surface area contributed by atoms with Gasteiger partial charge in [-0.1, -0.05) is 37.3 Å². The fourth-order valence-corrected chi connectivity index (χ4v) is 4.79. The highest BCUT2D eigenvalue weighted by Crippen LogP contribution is 2.49. The Kier molecular flexibility index (Phi) is 5.96. The van der Waals surface area contributed by atoms with Crippen molar-refractivity contribution in [3.63, 3.8) is 0 Å². The summed E-state index contributed by atoms with van der Waals surface area (Å²) in [4.78, 5) is 31.7. The Bertz CT molecular complexity index is 1020. The van der Waals surface area contributed by atoms with E-state index in [1.54, 1.807) is 0 Å². The number of benzene rings is 1. The largest absolute Gasteiger partial charge is 0.370 e. The van der Waals surface area contributed by atoms with E-state index in [2.05, 4.69) is 54.6 Å². The van der Waals surface area contributed by atoms with Crippen molar-refractivity contribution in [1.29, 1.82) is 0 Å². The van der Waals surface area contributed by atoms with Gasteiger partial charge in [-0.25, -0.2) is 0 Å². The molecule has 4 atom stereocenters. The Balaban J connectivity index is 1.62. The molecule has 31 heavy (non-hydrogen) atoms. The van der Waals surface area contributed by atoms with Crippen LogP contribution in [-0.4, -0.2) is 24.3 Å². The van der Waals surface area contributed by atoms with Crippen molar-refractivity contribution >= 4 is 17.4 Å². The van der Waals surface area contributed by atoms with E-state index in [4.69, 9.17) is 4.84 Å². The molecule has 0 radical (unpaired) electrons. The van der Waals surface area contributed by atoms with Crippen LogP contribution in [-0.2, 0) is 9.63 Å². The molecule has 162 valence electrons. The maximum Gasteiger partial charge on any atom is 0.321 e. The quantitative estimate of drug-likeness (QED) is 0.529. The molecule has 0 fully saturated rings. The first kappa shape index (κ1) is 21.3. The molecule has 0 aromatic heterocycles. The van der Waals surface area contributed by atoms with Crippen LogP contribution in [0.1, 0.15) is 56.0 Å². The molecule has 5 heteroatoms. The summed E-state index contributed by atoms with van der Waals surface area (Å²) in [5.74, 6) is 0.102. The molecule has 4 unspecified atom stereocenters. The summed E-state index contributed by atoms with van der Waals surface area (Å²) in [5, 5.41) is 0. The highest BCUT2D eigenvalue weighted by Gasteiger charge is 2.36. The lowest BCUT2D eigenvalue weighted by molar-refractivity contribution is -0.149. The Morgan fingerprint density at radius 3 is 2.71 bits per heavy atom. The molecule has 4 rings (SSSR count). The molecule has 0 saturated carbocycles. The molecular formula is C26H30N2O3. The molecule has 2 aliphatic carbocycles. The molecule has 3 aliphatic rings. The number of Topliss-reactive ketones (excluding diaryl/α,β-unsaturated/α-hetero) is 1. The van der Waals surface area contributed by atoms with E-state index in [-0.39, 0.29) is 35.5 Å². The van der Waals surface area contributed by atoms with Crippen molar-refractivity contribution in [3.8, 4) is 0 Å². The molecule has 1 aromatic rings. The van der Waals surface area contributed by atoms with Gasteiger partial charge in [-0.15, -0.1) is 5.48 Å². The number of hydrogen-bond donors (Lipinski definition) is 1. The fraction of sp³-hybridized carbons (Fsp3) is 0.385. The van der Waals surface area contributed by atoms with Gasteiger partial charge in [0.05, 0.1) is 6.04 Å². The molecule has 1 aromatic carbocycles. The zero-order chi connectivity index (χ0) is 22.1. The Labute approximate surface area is 184 Å². The first-order valence-corrected chi connectivity index (χ1v) is 11.0. The van der Waals surface area contributed by atoms with Gasteiger partial charge in [0.25, 0.3) is 0 Å². The van der Waals surface area contributed by atoms with Crippen molar-refractivity contribution < 1.29 is 14.4 Å². The standard InChI is InChI=1S/C26H30N2O3/c1-5-28-24-12-10-19(17(3)27-31-18(4)29)14-22(24)23-15-20(11-13-25(23)28)26(30)21-9-7-6-8-16(21)2/h6-13,15-17,21-22,27H,5,14H2,1-4H3. The number of hydrogen-bond acceptors (Lipinski definition) is 5. The SMILES string of the molecule is CCN1C2=CC=C(C(C)NOC(C)=O)CC2c2cc(C(=O)C3C=CC=CC3C)ccc21. The van der Waals surface area contributed by atoms with E-state index >= 15 is 0 Å². The highest BCUT2D eigenvalue weighted by atomic mass is 16.7. The monoisotopic (exact) mass is 418 g/mol. The molecule has 0 spiro atoms. The molecule has 0 amide bonds. The van der Waals surface area contributed by atoms with Gasteiger partial charge in [0.2, 0.25) is 0 Å². The minimum absolute atomic E-state index is 0.0781. The van der Waals surface area contributed by atoms with Crippen LogP contribution >= 0.6 is 0 Å². The fourth-order valence-electron chi connectivity index (χ4n) is 4.79. The number of likely N-dealkylation sites (N-methyl/N-ethyl adjacent to an activating group) is 1. The lowest BCUT2D eigenvalue weighted by atomic mass is 9.82. The summed E-state index contributed by atoms with van der Waals surface area (Å²) in [5.41, 5.74) is 8.42. The summed E-state index contributed by atoms with van der Waals surface area (Å²) < 4.78 is 0. The number of nitrogens with zero attached hydrogens (tertiary/aromatic N) is 1. The predicted octanol–water partition coefficient (Wildman–Crippen LogP) is 4.84. The van der Waals surface area contributed by atoms with Gasteiger partial charge in [0.1, 0.15) is 0 Å². The van der Waals surface area contributed by atoms with Crippen molar-refractivity contribution in [2.24, 2.45) is 11.8 Å². The summed E-state index contributed by atoms with van der Waals surface area (Å²) in [7, 11) is 0. The number of carbonyl (C=O) groups is 2. The number of rotatable bonds is 6. The number of allylic oxidation sites excluding steroid dienone is 7. The Morgan fingerprint density at radius 2 is 2.00 bits per heavy atom. The third-order valence-electron chi connectivity index (χ3n) is 6.52. The third kappa shape index (κ3) is 4.02. The maximum absolute atomic E-state index is 13.3. The predicted molar refractivity (Wildman–Crippen MR) is 123 cm³/mol. The summed E-state index contributed by atoms with van der Waals surface area (Å²) >= 11 is 0. The van der Waals surface area contributed by atoms with Gasteiger partial charge in [0.15, 0.2) is 5.78 Å². The van der Waals surface area contributed by atoms with E-state index in [1.165, 1.54) is 29.4 Å². The summed E-state index contributed by atoms with van der Waals surface area (Å²) in [6.45, 7) is 8.49. The smallest absolute Gasteiger partial charge is 0.321 e. The van der Waals surface area contributed by atoms with Gasteiger partial charge >= 0.3 is 5.97 Å².